The van der Waals surface area contributed by atoms with Gasteiger partial charge in [-0.2, -0.15) is 8.42 Å². The molecule has 0 saturated heterocycles. The van der Waals surface area contributed by atoms with Crippen LogP contribution in [-0.4, -0.2) is 38.2 Å². The van der Waals surface area contributed by atoms with Crippen molar-refractivity contribution in [3.8, 4) is 0 Å². The first kappa shape index (κ1) is 21.7. The number of nitrogens with one attached hydrogen (secondary N) is 2. The summed E-state index contributed by atoms with van der Waals surface area (Å²) in [6, 6.07) is 6.63. The first-order valence-corrected chi connectivity index (χ1v) is 11.4. The highest BCUT2D eigenvalue weighted by Gasteiger charge is 2.19. The molecule has 9 nitrogen and oxygen atoms in total. The van der Waals surface area contributed by atoms with Crippen LogP contribution in [0.15, 0.2) is 52.9 Å². The molecule has 2 amide bonds. The maximum absolute atomic E-state index is 11.8. The van der Waals surface area contributed by atoms with E-state index in [2.05, 4.69) is 10.3 Å². The fraction of sp³-hybridized carbons (Fsp3) is 0.235. The van der Waals surface area contributed by atoms with Crippen molar-refractivity contribution in [2.45, 2.75) is 24.2 Å². The molecule has 1 atom stereocenters. The molecule has 28 heavy (non-hydrogen) atoms. The first-order valence-electron chi connectivity index (χ1n) is 8.23. The zero-order valence-corrected chi connectivity index (χ0v) is 16.6. The summed E-state index contributed by atoms with van der Waals surface area (Å²) in [5, 5.41) is 3.27. The number of rotatable bonds is 8. The zero-order chi connectivity index (χ0) is 20.9. The quantitative estimate of drug-likeness (QED) is 0.472. The summed E-state index contributed by atoms with van der Waals surface area (Å²) in [5.41, 5.74) is 6.10. The molecule has 0 radical (unpaired) electrons. The van der Waals surface area contributed by atoms with Crippen LogP contribution in [0.1, 0.15) is 24.1 Å². The van der Waals surface area contributed by atoms with E-state index in [1.54, 1.807) is 24.4 Å². The van der Waals surface area contributed by atoms with Crippen molar-refractivity contribution in [2.24, 2.45) is 5.73 Å². The molecule has 152 valence electrons. The highest BCUT2D eigenvalue weighted by Crippen LogP contribution is 2.27. The van der Waals surface area contributed by atoms with E-state index in [9.17, 15) is 26.2 Å². The molecular weight excluding hydrogens is 406 g/mol. The van der Waals surface area contributed by atoms with Crippen LogP contribution in [0.25, 0.3) is 0 Å². The molecule has 0 bridgehead atoms. The number of primary amides is 1. The average Bonchev–Trinajstić information content (AvgIpc) is 3.13. The number of benzene rings is 1. The second-order valence-electron chi connectivity index (χ2n) is 6.01. The van der Waals surface area contributed by atoms with Crippen LogP contribution < -0.4 is 11.1 Å². The molecule has 0 aliphatic carbocycles. The van der Waals surface area contributed by atoms with E-state index in [1.807, 2.05) is 0 Å². The number of carbonyl (C=O) groups excluding carboxylic acids is 1. The summed E-state index contributed by atoms with van der Waals surface area (Å²) >= 11 is 0. The van der Waals surface area contributed by atoms with Gasteiger partial charge in [-0.05, 0) is 36.2 Å². The van der Waals surface area contributed by atoms with Crippen LogP contribution in [0.4, 0.5) is 10.5 Å². The predicted molar refractivity (Wildman–Crippen MR) is 105 cm³/mol. The molecule has 5 N–H and O–H groups in total. The highest BCUT2D eigenvalue weighted by molar-refractivity contribution is 7.94. The Balaban J connectivity index is 2.43. The molecular formula is C17H21N3O6S2. The molecule has 2 rings (SSSR count). The summed E-state index contributed by atoms with van der Waals surface area (Å²) in [4.78, 5) is 13.5. The topological polar surface area (TPSA) is 159 Å². The van der Waals surface area contributed by atoms with Crippen molar-refractivity contribution >= 4 is 31.7 Å². The number of carbonyl (C=O) groups is 1. The minimum atomic E-state index is -4.62. The number of anilines is 1. The molecule has 1 aromatic carbocycles. The standard InChI is InChI=1S/C17H21N3O6S2/c1-2-27(22,23)9-7-13(14-4-3-8-19-14)10-12-5-6-15(20-17(18)21)16(11-12)28(24,25)26/h3-9,11,13,19H,2,10H2,1H3,(H3,18,20,21)(H,24,25,26). The fourth-order valence-electron chi connectivity index (χ4n) is 2.56. The normalized spacial score (nSPS) is 13.5. The second-order valence-corrected chi connectivity index (χ2v) is 9.58. The average molecular weight is 428 g/mol. The van der Waals surface area contributed by atoms with E-state index in [0.717, 1.165) is 11.1 Å². The van der Waals surface area contributed by atoms with Crippen LogP contribution in [0.3, 0.4) is 0 Å². The van der Waals surface area contributed by atoms with Gasteiger partial charge in [0.2, 0.25) is 0 Å². The Hall–Kier alpha value is -2.63. The largest absolute Gasteiger partial charge is 0.364 e. The van der Waals surface area contributed by atoms with E-state index in [4.69, 9.17) is 5.73 Å². The Morgan fingerprint density at radius 2 is 2.00 bits per heavy atom. The lowest BCUT2D eigenvalue weighted by Gasteiger charge is -2.14. The van der Waals surface area contributed by atoms with Gasteiger partial charge >= 0.3 is 6.03 Å². The summed E-state index contributed by atoms with van der Waals surface area (Å²) < 4.78 is 56.4. The number of aromatic amines is 1. The summed E-state index contributed by atoms with van der Waals surface area (Å²) in [6.45, 7) is 1.53. The van der Waals surface area contributed by atoms with Crippen LogP contribution in [-0.2, 0) is 26.4 Å². The van der Waals surface area contributed by atoms with Crippen molar-refractivity contribution < 1.29 is 26.2 Å². The highest BCUT2D eigenvalue weighted by atomic mass is 32.2. The first-order chi connectivity index (χ1) is 13.0. The van der Waals surface area contributed by atoms with Crippen molar-refractivity contribution in [1.82, 2.24) is 4.98 Å². The van der Waals surface area contributed by atoms with Gasteiger partial charge in [0.05, 0.1) is 11.4 Å². The SMILES string of the molecule is CCS(=O)(=O)C=CC(Cc1ccc(NC(N)=O)c(S(=O)(=O)O)c1)c1ccc[nH]1. The number of hydrogen-bond acceptors (Lipinski definition) is 5. The number of allylic oxidation sites excluding steroid dienone is 1. The number of urea groups is 1. The number of H-pyrrole nitrogens is 1. The zero-order valence-electron chi connectivity index (χ0n) is 15.0. The Labute approximate surface area is 163 Å². The molecule has 1 heterocycles. The van der Waals surface area contributed by atoms with Crippen LogP contribution >= 0.6 is 0 Å². The summed E-state index contributed by atoms with van der Waals surface area (Å²) in [7, 11) is -7.96. The van der Waals surface area contributed by atoms with E-state index in [0.29, 0.717) is 5.56 Å². The number of hydrogen-bond donors (Lipinski definition) is 4. The van der Waals surface area contributed by atoms with Crippen LogP contribution in [0.5, 0.6) is 0 Å². The molecule has 2 aromatic rings. The molecule has 0 fully saturated rings. The maximum atomic E-state index is 11.8. The van der Waals surface area contributed by atoms with Gasteiger partial charge in [-0.1, -0.05) is 19.1 Å². The molecule has 0 aliphatic heterocycles. The smallest absolute Gasteiger partial charge is 0.316 e. The van der Waals surface area contributed by atoms with E-state index in [1.165, 1.54) is 25.1 Å². The number of nitrogens with two attached hydrogens (primary N) is 1. The second kappa shape index (κ2) is 8.59. The lowest BCUT2D eigenvalue weighted by atomic mass is 9.96. The Morgan fingerprint density at radius 3 is 2.54 bits per heavy atom. The number of aromatic nitrogens is 1. The summed E-state index contributed by atoms with van der Waals surface area (Å²) in [6.07, 6.45) is 3.46. The third-order valence-electron chi connectivity index (χ3n) is 3.98. The van der Waals surface area contributed by atoms with Gasteiger partial charge in [0.15, 0.2) is 9.84 Å². The van der Waals surface area contributed by atoms with Gasteiger partial charge in [-0.15, -0.1) is 0 Å². The van der Waals surface area contributed by atoms with Crippen LogP contribution in [0, 0.1) is 0 Å². The van der Waals surface area contributed by atoms with Gasteiger partial charge in [0.25, 0.3) is 10.1 Å². The van der Waals surface area contributed by atoms with E-state index < -0.39 is 30.9 Å². The van der Waals surface area contributed by atoms with Crippen molar-refractivity contribution in [3.05, 3.63) is 59.3 Å². The van der Waals surface area contributed by atoms with Crippen LogP contribution in [0.2, 0.25) is 0 Å². The molecule has 1 unspecified atom stereocenters. The minimum Gasteiger partial charge on any atom is -0.364 e. The molecule has 0 spiro atoms. The predicted octanol–water partition coefficient (Wildman–Crippen LogP) is 2.03. The molecule has 11 heteroatoms. The molecule has 1 aromatic heterocycles. The number of amides is 2. The van der Waals surface area contributed by atoms with Gasteiger partial charge in [0, 0.05) is 23.2 Å². The van der Waals surface area contributed by atoms with Gasteiger partial charge in [-0.25, -0.2) is 13.2 Å². The summed E-state index contributed by atoms with van der Waals surface area (Å²) in [5.74, 6) is -0.429. The molecule has 0 aliphatic rings. The van der Waals surface area contributed by atoms with Crippen molar-refractivity contribution in [2.75, 3.05) is 11.1 Å². The third-order valence-corrected chi connectivity index (χ3v) is 6.25. The third kappa shape index (κ3) is 5.94. The Kier molecular flexibility index (Phi) is 6.65. The minimum absolute atomic E-state index is 0.0403. The Bertz CT molecular complexity index is 1070. The van der Waals surface area contributed by atoms with Gasteiger partial charge in [-0.3, -0.25) is 4.55 Å². The Morgan fingerprint density at radius 1 is 1.29 bits per heavy atom. The number of sulfone groups is 1. The fourth-order valence-corrected chi connectivity index (χ4v) is 3.88. The van der Waals surface area contributed by atoms with Gasteiger partial charge < -0.3 is 16.0 Å². The molecule has 0 saturated carbocycles. The monoisotopic (exact) mass is 427 g/mol. The van der Waals surface area contributed by atoms with Crippen molar-refractivity contribution in [1.29, 1.82) is 0 Å². The maximum Gasteiger partial charge on any atom is 0.316 e. The lowest BCUT2D eigenvalue weighted by Crippen LogP contribution is -2.21. The van der Waals surface area contributed by atoms with Crippen molar-refractivity contribution in [3.63, 3.8) is 0 Å². The van der Waals surface area contributed by atoms with Gasteiger partial charge in [0.1, 0.15) is 4.90 Å². The van der Waals surface area contributed by atoms with E-state index >= 15 is 0 Å². The lowest BCUT2D eigenvalue weighted by molar-refractivity contribution is 0.259. The van der Waals surface area contributed by atoms with E-state index in [-0.39, 0.29) is 23.8 Å².